The first-order chi connectivity index (χ1) is 9.52. The van der Waals surface area contributed by atoms with E-state index in [1.54, 1.807) is 0 Å². The molecule has 1 aromatic rings. The van der Waals surface area contributed by atoms with Crippen LogP contribution in [0.25, 0.3) is 0 Å². The summed E-state index contributed by atoms with van der Waals surface area (Å²) in [4.78, 5) is 13.3. The summed E-state index contributed by atoms with van der Waals surface area (Å²) in [6.07, 6.45) is 0.330. The van der Waals surface area contributed by atoms with Gasteiger partial charge < -0.3 is 9.64 Å². The van der Waals surface area contributed by atoms with E-state index in [1.807, 2.05) is 30.3 Å². The molecule has 1 aromatic carbocycles. The van der Waals surface area contributed by atoms with Crippen molar-refractivity contribution in [1.29, 1.82) is 0 Å². The van der Waals surface area contributed by atoms with E-state index in [9.17, 15) is 13.6 Å². The van der Waals surface area contributed by atoms with Crippen LogP contribution in [0.15, 0.2) is 30.3 Å². The van der Waals surface area contributed by atoms with Crippen LogP contribution in [0.1, 0.15) is 24.8 Å². The molecule has 1 heterocycles. The first kappa shape index (κ1) is 13.3. The van der Waals surface area contributed by atoms with Crippen molar-refractivity contribution in [1.82, 2.24) is 4.90 Å². The third-order valence-electron chi connectivity index (χ3n) is 4.51. The summed E-state index contributed by atoms with van der Waals surface area (Å²) in [7, 11) is 0. The Morgan fingerprint density at radius 2 is 1.95 bits per heavy atom. The fourth-order valence-corrected chi connectivity index (χ4v) is 3.01. The van der Waals surface area contributed by atoms with Gasteiger partial charge in [0, 0.05) is 19.5 Å². The number of halogens is 2. The van der Waals surface area contributed by atoms with Gasteiger partial charge in [0.2, 0.25) is 0 Å². The van der Waals surface area contributed by atoms with Crippen LogP contribution in [0.2, 0.25) is 0 Å². The summed E-state index contributed by atoms with van der Waals surface area (Å²) in [6.45, 7) is 0.663. The van der Waals surface area contributed by atoms with Crippen molar-refractivity contribution in [3.8, 4) is 0 Å². The fraction of sp³-hybridized carbons (Fsp3) is 0.533. The molecule has 2 fully saturated rings. The molecule has 1 aliphatic heterocycles. The van der Waals surface area contributed by atoms with E-state index in [-0.39, 0.29) is 19.6 Å². The molecule has 2 aliphatic rings. The number of carbonyl (C=O) groups excluding carboxylic acids is 1. The van der Waals surface area contributed by atoms with E-state index >= 15 is 0 Å². The van der Waals surface area contributed by atoms with Crippen molar-refractivity contribution in [3.05, 3.63) is 35.9 Å². The lowest BCUT2D eigenvalue weighted by atomic mass is 9.64. The van der Waals surface area contributed by atoms with Crippen molar-refractivity contribution in [2.24, 2.45) is 5.41 Å². The van der Waals surface area contributed by atoms with E-state index in [4.69, 9.17) is 4.74 Å². The average Bonchev–Trinajstić information content (AvgIpc) is 2.93. The molecule has 0 bridgehead atoms. The Bertz CT molecular complexity index is 506. The minimum atomic E-state index is -2.62. The minimum absolute atomic E-state index is 0.0557. The zero-order valence-electron chi connectivity index (χ0n) is 11.1. The third kappa shape index (κ3) is 2.15. The van der Waals surface area contributed by atoms with E-state index in [1.165, 1.54) is 4.90 Å². The highest BCUT2D eigenvalue weighted by Gasteiger charge is 2.64. The molecule has 5 heteroatoms. The number of likely N-dealkylation sites (tertiary alicyclic amines) is 1. The third-order valence-corrected chi connectivity index (χ3v) is 4.51. The maximum atomic E-state index is 13.6. The van der Waals surface area contributed by atoms with Gasteiger partial charge in [-0.15, -0.1) is 0 Å². The highest BCUT2D eigenvalue weighted by atomic mass is 19.3. The summed E-state index contributed by atoms with van der Waals surface area (Å²) in [5, 5.41) is 0. The first-order valence-corrected chi connectivity index (χ1v) is 6.86. The van der Waals surface area contributed by atoms with Gasteiger partial charge in [0.05, 0.1) is 5.41 Å². The lowest BCUT2D eigenvalue weighted by Gasteiger charge is -2.46. The molecule has 108 valence electrons. The van der Waals surface area contributed by atoms with Gasteiger partial charge in [0.1, 0.15) is 6.61 Å². The van der Waals surface area contributed by atoms with Gasteiger partial charge in [-0.1, -0.05) is 30.3 Å². The molecule has 0 aromatic heterocycles. The number of alkyl halides is 2. The minimum Gasteiger partial charge on any atom is -0.445 e. The molecule has 1 atom stereocenters. The summed E-state index contributed by atoms with van der Waals surface area (Å²) >= 11 is 0. The van der Waals surface area contributed by atoms with Crippen molar-refractivity contribution in [3.63, 3.8) is 0 Å². The van der Waals surface area contributed by atoms with Crippen LogP contribution in [0.5, 0.6) is 0 Å². The van der Waals surface area contributed by atoms with Crippen LogP contribution < -0.4 is 0 Å². The Kier molecular flexibility index (Phi) is 3.15. The second-order valence-electron chi connectivity index (χ2n) is 5.70. The average molecular weight is 281 g/mol. The first-order valence-electron chi connectivity index (χ1n) is 6.86. The monoisotopic (exact) mass is 281 g/mol. The SMILES string of the molecule is O=C(OCc1ccccc1)N1CCC2(CCC2(F)F)C1. The molecule has 1 spiro atoms. The number of carbonyl (C=O) groups is 1. The topological polar surface area (TPSA) is 29.5 Å². The smallest absolute Gasteiger partial charge is 0.410 e. The Balaban J connectivity index is 1.55. The van der Waals surface area contributed by atoms with Gasteiger partial charge in [0.15, 0.2) is 0 Å². The predicted octanol–water partition coefficient (Wildman–Crippen LogP) is 3.44. The van der Waals surface area contributed by atoms with Gasteiger partial charge in [-0.3, -0.25) is 0 Å². The summed E-state index contributed by atoms with van der Waals surface area (Å²) in [6, 6.07) is 9.33. The maximum Gasteiger partial charge on any atom is 0.410 e. The van der Waals surface area contributed by atoms with Gasteiger partial charge in [-0.2, -0.15) is 0 Å². The van der Waals surface area contributed by atoms with E-state index in [0.717, 1.165) is 5.56 Å². The summed E-state index contributed by atoms with van der Waals surface area (Å²) < 4.78 is 32.4. The van der Waals surface area contributed by atoms with Crippen LogP contribution >= 0.6 is 0 Å². The molecule has 20 heavy (non-hydrogen) atoms. The molecular formula is C15H17F2NO2. The van der Waals surface area contributed by atoms with Crippen LogP contribution in [0.3, 0.4) is 0 Å². The molecule has 1 amide bonds. The fourth-order valence-electron chi connectivity index (χ4n) is 3.01. The Morgan fingerprint density at radius 1 is 1.20 bits per heavy atom. The molecule has 0 radical (unpaired) electrons. The maximum absolute atomic E-state index is 13.6. The lowest BCUT2D eigenvalue weighted by molar-refractivity contribution is -0.194. The van der Waals surface area contributed by atoms with Crippen LogP contribution in [0.4, 0.5) is 13.6 Å². The molecule has 1 saturated heterocycles. The second kappa shape index (κ2) is 4.72. The summed E-state index contributed by atoms with van der Waals surface area (Å²) in [5.41, 5.74) is -0.0950. The lowest BCUT2D eigenvalue weighted by Crippen LogP contribution is -2.52. The largest absolute Gasteiger partial charge is 0.445 e. The van der Waals surface area contributed by atoms with Gasteiger partial charge >= 0.3 is 6.09 Å². The van der Waals surface area contributed by atoms with Crippen molar-refractivity contribution >= 4 is 6.09 Å². The molecule has 3 nitrogen and oxygen atoms in total. The standard InChI is InChI=1S/C15H17F2NO2/c16-15(17)7-6-14(15)8-9-18(11-14)13(19)20-10-12-4-2-1-3-5-12/h1-5H,6-11H2. The van der Waals surface area contributed by atoms with Crippen LogP contribution in [0, 0.1) is 5.41 Å². The van der Waals surface area contributed by atoms with E-state index < -0.39 is 17.4 Å². The number of rotatable bonds is 2. The zero-order chi connectivity index (χ0) is 14.2. The van der Waals surface area contributed by atoms with E-state index in [0.29, 0.717) is 19.4 Å². The highest BCUT2D eigenvalue weighted by Crippen LogP contribution is 2.58. The molecule has 1 aliphatic carbocycles. The van der Waals surface area contributed by atoms with Crippen molar-refractivity contribution < 1.29 is 18.3 Å². The zero-order valence-corrected chi connectivity index (χ0v) is 11.1. The quantitative estimate of drug-likeness (QED) is 0.831. The molecule has 1 saturated carbocycles. The molecule has 3 rings (SSSR count). The molecule has 1 unspecified atom stereocenters. The molecule has 0 N–H and O–H groups in total. The predicted molar refractivity (Wildman–Crippen MR) is 69.4 cm³/mol. The van der Waals surface area contributed by atoms with E-state index in [2.05, 4.69) is 0 Å². The second-order valence-corrected chi connectivity index (χ2v) is 5.70. The number of ether oxygens (including phenoxy) is 1. The Hall–Kier alpha value is -1.65. The normalized spacial score (nSPS) is 27.4. The highest BCUT2D eigenvalue weighted by molar-refractivity contribution is 5.68. The van der Waals surface area contributed by atoms with Crippen molar-refractivity contribution in [2.45, 2.75) is 31.8 Å². The Labute approximate surface area is 116 Å². The number of hydrogen-bond donors (Lipinski definition) is 0. The Morgan fingerprint density at radius 3 is 2.50 bits per heavy atom. The van der Waals surface area contributed by atoms with Gasteiger partial charge in [0.25, 0.3) is 5.92 Å². The van der Waals surface area contributed by atoms with Crippen LogP contribution in [-0.4, -0.2) is 30.0 Å². The molecular weight excluding hydrogens is 264 g/mol. The number of amides is 1. The number of hydrogen-bond acceptors (Lipinski definition) is 2. The summed E-state index contributed by atoms with van der Waals surface area (Å²) in [5.74, 6) is -2.62. The number of nitrogens with zero attached hydrogens (tertiary/aromatic N) is 1. The van der Waals surface area contributed by atoms with Crippen molar-refractivity contribution in [2.75, 3.05) is 13.1 Å². The number of benzene rings is 1. The van der Waals surface area contributed by atoms with Gasteiger partial charge in [-0.25, -0.2) is 13.6 Å². The van der Waals surface area contributed by atoms with Crippen LogP contribution in [-0.2, 0) is 11.3 Å². The van der Waals surface area contributed by atoms with Gasteiger partial charge in [-0.05, 0) is 18.4 Å².